The molecule has 2 heterocycles. The average molecular weight is 381 g/mol. The first-order valence-electron chi connectivity index (χ1n) is 6.82. The van der Waals surface area contributed by atoms with Crippen molar-refractivity contribution in [2.45, 2.75) is 30.4 Å². The van der Waals surface area contributed by atoms with Gasteiger partial charge in [-0.2, -0.15) is 0 Å². The zero-order chi connectivity index (χ0) is 14.8. The van der Waals surface area contributed by atoms with Gasteiger partial charge < -0.3 is 4.90 Å². The predicted molar refractivity (Wildman–Crippen MR) is 86.8 cm³/mol. The molecule has 0 aromatic carbocycles. The summed E-state index contributed by atoms with van der Waals surface area (Å²) < 4.78 is 28.3. The molecule has 4 nitrogen and oxygen atoms in total. The van der Waals surface area contributed by atoms with Gasteiger partial charge in [0.2, 0.25) is 10.0 Å². The van der Waals surface area contributed by atoms with Crippen LogP contribution in [0.4, 0.5) is 0 Å². The maximum Gasteiger partial charge on any atom is 0.250 e. The molecule has 0 amide bonds. The smallest absolute Gasteiger partial charge is 0.250 e. The minimum Gasteiger partial charge on any atom is -0.306 e. The second-order valence-electron chi connectivity index (χ2n) is 5.46. The number of thiophene rings is 1. The number of hydrogen-bond donors (Lipinski definition) is 1. The molecule has 1 aromatic rings. The molecule has 0 bridgehead atoms. The highest BCUT2D eigenvalue weighted by Crippen LogP contribution is 2.30. The van der Waals surface area contributed by atoms with Crippen LogP contribution in [0.15, 0.2) is 14.1 Å². The van der Waals surface area contributed by atoms with Gasteiger partial charge in [-0.1, -0.05) is 0 Å². The number of halogens is 1. The zero-order valence-electron chi connectivity index (χ0n) is 11.9. The van der Waals surface area contributed by atoms with Crippen LogP contribution in [0.2, 0.25) is 0 Å². The fraction of sp³-hybridized carbons (Fsp3) is 0.692. The highest BCUT2D eigenvalue weighted by atomic mass is 79.9. The number of hydrogen-bond acceptors (Lipinski definition) is 4. The summed E-state index contributed by atoms with van der Waals surface area (Å²) in [6, 6.07) is 1.71. The van der Waals surface area contributed by atoms with Crippen LogP contribution in [0.25, 0.3) is 0 Å². The molecule has 0 unspecified atom stereocenters. The third-order valence-corrected chi connectivity index (χ3v) is 7.85. The van der Waals surface area contributed by atoms with E-state index < -0.39 is 10.0 Å². The van der Waals surface area contributed by atoms with Crippen LogP contribution in [0.5, 0.6) is 0 Å². The third kappa shape index (κ3) is 4.27. The molecule has 0 radical (unpaired) electrons. The van der Waals surface area contributed by atoms with E-state index in [9.17, 15) is 8.42 Å². The lowest BCUT2D eigenvalue weighted by molar-refractivity contribution is 0.213. The van der Waals surface area contributed by atoms with Crippen molar-refractivity contribution in [3.8, 4) is 0 Å². The molecule has 1 aliphatic heterocycles. The van der Waals surface area contributed by atoms with E-state index in [-0.39, 0.29) is 0 Å². The van der Waals surface area contributed by atoms with Gasteiger partial charge in [-0.05, 0) is 79.8 Å². The normalized spacial score (nSPS) is 18.6. The minimum atomic E-state index is -3.35. The lowest BCUT2D eigenvalue weighted by atomic mass is 9.94. The summed E-state index contributed by atoms with van der Waals surface area (Å²) in [6.45, 7) is 4.67. The van der Waals surface area contributed by atoms with Gasteiger partial charge in [0.25, 0.3) is 0 Å². The van der Waals surface area contributed by atoms with E-state index >= 15 is 0 Å². The summed E-state index contributed by atoms with van der Waals surface area (Å²) in [5.41, 5.74) is 0.964. The van der Waals surface area contributed by atoms with Crippen molar-refractivity contribution in [3.63, 3.8) is 0 Å². The summed E-state index contributed by atoms with van der Waals surface area (Å²) >= 11 is 4.63. The standard InChI is InChI=1S/C13H21BrN2O2S2/c1-10-9-12(19-13(10)14)20(17,18)15-6-3-11-4-7-16(2)8-5-11/h9,11,15H,3-8H2,1-2H3. The lowest BCUT2D eigenvalue weighted by Crippen LogP contribution is -2.32. The largest absolute Gasteiger partial charge is 0.306 e. The van der Waals surface area contributed by atoms with Crippen LogP contribution in [-0.4, -0.2) is 40.0 Å². The highest BCUT2D eigenvalue weighted by Gasteiger charge is 2.20. The number of rotatable bonds is 5. The Bertz CT molecular complexity index is 529. The molecule has 1 saturated heterocycles. The van der Waals surface area contributed by atoms with E-state index in [1.165, 1.54) is 24.2 Å². The summed E-state index contributed by atoms with van der Waals surface area (Å²) in [5, 5.41) is 0. The zero-order valence-corrected chi connectivity index (χ0v) is 15.1. The first kappa shape index (κ1) is 16.4. The number of nitrogens with zero attached hydrogens (tertiary/aromatic N) is 1. The molecule has 114 valence electrons. The topological polar surface area (TPSA) is 49.4 Å². The molecule has 7 heteroatoms. The van der Waals surface area contributed by atoms with Crippen molar-refractivity contribution in [1.82, 2.24) is 9.62 Å². The fourth-order valence-electron chi connectivity index (χ4n) is 2.38. The molecule has 0 aliphatic carbocycles. The van der Waals surface area contributed by atoms with Gasteiger partial charge in [0.1, 0.15) is 4.21 Å². The molecule has 0 atom stereocenters. The number of sulfonamides is 1. The summed E-state index contributed by atoms with van der Waals surface area (Å²) in [7, 11) is -1.21. The van der Waals surface area contributed by atoms with Crippen LogP contribution in [-0.2, 0) is 10.0 Å². The molecular formula is C13H21BrN2O2S2. The van der Waals surface area contributed by atoms with E-state index in [4.69, 9.17) is 0 Å². The van der Waals surface area contributed by atoms with E-state index in [1.54, 1.807) is 6.07 Å². The highest BCUT2D eigenvalue weighted by molar-refractivity contribution is 9.11. The number of piperidine rings is 1. The summed E-state index contributed by atoms with van der Waals surface area (Å²) in [4.78, 5) is 2.33. The Morgan fingerprint density at radius 1 is 1.45 bits per heavy atom. The van der Waals surface area contributed by atoms with Crippen molar-refractivity contribution in [2.75, 3.05) is 26.7 Å². The first-order chi connectivity index (χ1) is 9.38. The molecule has 1 fully saturated rings. The number of likely N-dealkylation sites (tertiary alicyclic amines) is 1. The van der Waals surface area contributed by atoms with Crippen molar-refractivity contribution < 1.29 is 8.42 Å². The molecule has 1 aliphatic rings. The maximum absolute atomic E-state index is 12.2. The van der Waals surface area contributed by atoms with Crippen LogP contribution in [0, 0.1) is 12.8 Å². The van der Waals surface area contributed by atoms with Crippen LogP contribution >= 0.6 is 27.3 Å². The molecule has 1 N–H and O–H groups in total. The Balaban J connectivity index is 1.84. The van der Waals surface area contributed by atoms with E-state index in [2.05, 4.69) is 32.6 Å². The van der Waals surface area contributed by atoms with E-state index in [0.717, 1.165) is 28.9 Å². The second kappa shape index (κ2) is 6.87. The summed E-state index contributed by atoms with van der Waals surface area (Å²) in [6.07, 6.45) is 3.27. The maximum atomic E-state index is 12.2. The Kier molecular flexibility index (Phi) is 5.64. The third-order valence-electron chi connectivity index (χ3n) is 3.78. The van der Waals surface area contributed by atoms with Gasteiger partial charge in [0, 0.05) is 6.54 Å². The van der Waals surface area contributed by atoms with Gasteiger partial charge in [-0.3, -0.25) is 0 Å². The fourth-order valence-corrected chi connectivity index (χ4v) is 5.70. The van der Waals surface area contributed by atoms with Gasteiger partial charge >= 0.3 is 0 Å². The van der Waals surface area contributed by atoms with Gasteiger partial charge in [-0.15, -0.1) is 11.3 Å². The molecule has 20 heavy (non-hydrogen) atoms. The van der Waals surface area contributed by atoms with Crippen molar-refractivity contribution >= 4 is 37.3 Å². The van der Waals surface area contributed by atoms with Crippen molar-refractivity contribution in [3.05, 3.63) is 15.4 Å². The van der Waals surface area contributed by atoms with Crippen molar-refractivity contribution in [1.29, 1.82) is 0 Å². The first-order valence-corrected chi connectivity index (χ1v) is 9.92. The van der Waals surface area contributed by atoms with Crippen LogP contribution < -0.4 is 4.72 Å². The minimum absolute atomic E-state index is 0.394. The van der Waals surface area contributed by atoms with Gasteiger partial charge in [-0.25, -0.2) is 13.1 Å². The van der Waals surface area contributed by atoms with E-state index in [1.807, 2.05) is 6.92 Å². The Morgan fingerprint density at radius 2 is 2.10 bits per heavy atom. The number of aryl methyl sites for hydroxylation is 1. The monoisotopic (exact) mass is 380 g/mol. The lowest BCUT2D eigenvalue weighted by Gasteiger charge is -2.28. The second-order valence-corrected chi connectivity index (χ2v) is 9.82. The Morgan fingerprint density at radius 3 is 2.65 bits per heavy atom. The number of nitrogens with one attached hydrogen (secondary N) is 1. The van der Waals surface area contributed by atoms with Crippen LogP contribution in [0.1, 0.15) is 24.8 Å². The quantitative estimate of drug-likeness (QED) is 0.853. The van der Waals surface area contributed by atoms with E-state index in [0.29, 0.717) is 16.7 Å². The van der Waals surface area contributed by atoms with Crippen molar-refractivity contribution in [2.24, 2.45) is 5.92 Å². The van der Waals surface area contributed by atoms with Crippen LogP contribution in [0.3, 0.4) is 0 Å². The average Bonchev–Trinajstić information content (AvgIpc) is 2.73. The van der Waals surface area contributed by atoms with Gasteiger partial charge in [0.15, 0.2) is 0 Å². The SMILES string of the molecule is Cc1cc(S(=O)(=O)NCCC2CCN(C)CC2)sc1Br. The van der Waals surface area contributed by atoms with Gasteiger partial charge in [0.05, 0.1) is 3.79 Å². The Labute approximate surface area is 133 Å². The molecular weight excluding hydrogens is 360 g/mol. The molecule has 1 aromatic heterocycles. The Hall–Kier alpha value is 0.0500. The molecule has 0 saturated carbocycles. The molecule has 0 spiro atoms. The molecule has 2 rings (SSSR count). The summed E-state index contributed by atoms with van der Waals surface area (Å²) in [5.74, 6) is 0.644. The predicted octanol–water partition coefficient (Wildman–Crippen LogP) is 2.83.